The molecule has 0 radical (unpaired) electrons. The molecule has 9 heteroatoms. The summed E-state index contributed by atoms with van der Waals surface area (Å²) >= 11 is 0. The molecule has 1 atom stereocenters. The molecule has 0 aliphatic carbocycles. The molecule has 2 saturated heterocycles. The number of carbonyl (C=O) groups excluding carboxylic acids is 2. The number of benzene rings is 2. The molecule has 7 nitrogen and oxygen atoms in total. The minimum atomic E-state index is -1.17. The summed E-state index contributed by atoms with van der Waals surface area (Å²) in [5, 5.41) is 11.1. The molecule has 0 bridgehead atoms. The number of amides is 1. The summed E-state index contributed by atoms with van der Waals surface area (Å²) in [6.45, 7) is 3.07. The van der Waals surface area contributed by atoms with Crippen molar-refractivity contribution in [2.45, 2.75) is 6.04 Å². The summed E-state index contributed by atoms with van der Waals surface area (Å²) in [6, 6.07) is 8.05. The van der Waals surface area contributed by atoms with Gasteiger partial charge in [-0.15, -0.1) is 0 Å². The van der Waals surface area contributed by atoms with Crippen LogP contribution in [0, 0.1) is 11.6 Å². The average Bonchev–Trinajstić information content (AvgIpc) is 3.08. The molecule has 1 amide bonds. The Kier molecular flexibility index (Phi) is 6.71. The van der Waals surface area contributed by atoms with Crippen molar-refractivity contribution in [1.82, 2.24) is 9.80 Å². The predicted octanol–water partition coefficient (Wildman–Crippen LogP) is 2.73. The van der Waals surface area contributed by atoms with Gasteiger partial charge in [0.1, 0.15) is 23.1 Å². The lowest BCUT2D eigenvalue weighted by Crippen LogP contribution is -2.42. The van der Waals surface area contributed by atoms with Gasteiger partial charge < -0.3 is 19.5 Å². The molecule has 0 saturated carbocycles. The van der Waals surface area contributed by atoms with E-state index in [2.05, 4.69) is 4.90 Å². The molecule has 33 heavy (non-hydrogen) atoms. The van der Waals surface area contributed by atoms with E-state index in [1.807, 2.05) is 0 Å². The number of carbonyl (C=O) groups is 2. The van der Waals surface area contributed by atoms with Crippen LogP contribution in [0.5, 0.6) is 5.75 Å². The Morgan fingerprint density at radius 2 is 1.85 bits per heavy atom. The van der Waals surface area contributed by atoms with Gasteiger partial charge in [0.15, 0.2) is 0 Å². The summed E-state index contributed by atoms with van der Waals surface area (Å²) < 4.78 is 39.3. The number of Topliss-reactive ketones (excluding diaryl/α,β-unsaturated/α-hetero) is 1. The fraction of sp³-hybridized carbons (Fsp3) is 0.333. The first-order valence-electron chi connectivity index (χ1n) is 10.6. The van der Waals surface area contributed by atoms with Crippen molar-refractivity contribution in [2.75, 3.05) is 46.5 Å². The van der Waals surface area contributed by atoms with Crippen molar-refractivity contribution in [1.29, 1.82) is 0 Å². The topological polar surface area (TPSA) is 79.3 Å². The molecular formula is C24H24F2N2O5. The first-order chi connectivity index (χ1) is 15.9. The summed E-state index contributed by atoms with van der Waals surface area (Å²) in [5.41, 5.74) is -0.336. The third-order valence-electron chi connectivity index (χ3n) is 5.92. The molecule has 1 unspecified atom stereocenters. The van der Waals surface area contributed by atoms with E-state index in [1.54, 1.807) is 6.07 Å². The Bertz CT molecular complexity index is 1100. The molecule has 0 aromatic heterocycles. The van der Waals surface area contributed by atoms with E-state index in [4.69, 9.17) is 9.47 Å². The van der Waals surface area contributed by atoms with Crippen molar-refractivity contribution < 1.29 is 33.0 Å². The Hall–Kier alpha value is -3.30. The van der Waals surface area contributed by atoms with Crippen molar-refractivity contribution in [3.8, 4) is 5.75 Å². The van der Waals surface area contributed by atoms with Crippen LogP contribution in [0.4, 0.5) is 8.78 Å². The Labute approximate surface area is 189 Å². The maximum atomic E-state index is 14.8. The van der Waals surface area contributed by atoms with Gasteiger partial charge in [-0.25, -0.2) is 8.78 Å². The van der Waals surface area contributed by atoms with Gasteiger partial charge in [-0.3, -0.25) is 14.5 Å². The zero-order valence-electron chi connectivity index (χ0n) is 18.1. The lowest BCUT2D eigenvalue weighted by molar-refractivity contribution is -0.140. The number of likely N-dealkylation sites (tertiary alicyclic amines) is 1. The normalized spacial score (nSPS) is 20.9. The largest absolute Gasteiger partial charge is 0.507 e. The lowest BCUT2D eigenvalue weighted by Gasteiger charge is -2.31. The van der Waals surface area contributed by atoms with Gasteiger partial charge in [0.2, 0.25) is 0 Å². The minimum absolute atomic E-state index is 0.0654. The minimum Gasteiger partial charge on any atom is -0.507 e. The van der Waals surface area contributed by atoms with E-state index in [0.717, 1.165) is 12.1 Å². The number of methoxy groups -OCH3 is 1. The van der Waals surface area contributed by atoms with Gasteiger partial charge in [-0.05, 0) is 24.3 Å². The highest BCUT2D eigenvalue weighted by Gasteiger charge is 2.47. The molecular weight excluding hydrogens is 434 g/mol. The van der Waals surface area contributed by atoms with Gasteiger partial charge >= 0.3 is 0 Å². The van der Waals surface area contributed by atoms with Crippen molar-refractivity contribution in [3.63, 3.8) is 0 Å². The highest BCUT2D eigenvalue weighted by Crippen LogP contribution is 2.41. The number of halogens is 2. The number of morpholine rings is 1. The van der Waals surface area contributed by atoms with Crippen LogP contribution in [0.3, 0.4) is 0 Å². The maximum Gasteiger partial charge on any atom is 0.295 e. The lowest BCUT2D eigenvalue weighted by atomic mass is 9.94. The highest BCUT2D eigenvalue weighted by atomic mass is 19.1. The number of hydrogen-bond donors (Lipinski definition) is 1. The van der Waals surface area contributed by atoms with Crippen molar-refractivity contribution in [2.24, 2.45) is 0 Å². The Morgan fingerprint density at radius 3 is 2.55 bits per heavy atom. The van der Waals surface area contributed by atoms with Crippen LogP contribution in [0.1, 0.15) is 17.2 Å². The highest BCUT2D eigenvalue weighted by molar-refractivity contribution is 6.46. The molecule has 174 valence electrons. The van der Waals surface area contributed by atoms with Gasteiger partial charge in [0.25, 0.3) is 11.7 Å². The Balaban J connectivity index is 1.80. The Morgan fingerprint density at radius 1 is 1.12 bits per heavy atom. The zero-order chi connectivity index (χ0) is 23.5. The quantitative estimate of drug-likeness (QED) is 0.408. The summed E-state index contributed by atoms with van der Waals surface area (Å²) in [5.74, 6) is -3.62. The molecule has 0 spiro atoms. The van der Waals surface area contributed by atoms with Crippen LogP contribution < -0.4 is 4.74 Å². The average molecular weight is 458 g/mol. The summed E-state index contributed by atoms with van der Waals surface area (Å²) in [4.78, 5) is 29.4. The SMILES string of the molecule is COc1ccc(F)cc1C(O)=C1C(=O)C(=O)N(CCN2CCOCC2)C1c1ccccc1F. The van der Waals surface area contributed by atoms with Crippen molar-refractivity contribution in [3.05, 3.63) is 70.8 Å². The van der Waals surface area contributed by atoms with Crippen LogP contribution >= 0.6 is 0 Å². The standard InChI is InChI=1S/C24H24F2N2O5/c1-32-19-7-6-15(25)14-17(19)22(29)20-21(16-4-2-3-5-18(16)26)28(24(31)23(20)30)9-8-27-10-12-33-13-11-27/h2-7,14,21,29H,8-13H2,1H3. The van der Waals surface area contributed by atoms with Gasteiger partial charge in [0.05, 0.1) is 37.5 Å². The first-order valence-corrected chi connectivity index (χ1v) is 10.6. The zero-order valence-corrected chi connectivity index (χ0v) is 18.1. The van der Waals surface area contributed by atoms with Gasteiger partial charge in [-0.2, -0.15) is 0 Å². The number of nitrogens with zero attached hydrogens (tertiary/aromatic N) is 2. The second-order valence-electron chi connectivity index (χ2n) is 7.81. The third-order valence-corrected chi connectivity index (χ3v) is 5.92. The second-order valence-corrected chi connectivity index (χ2v) is 7.81. The molecule has 2 fully saturated rings. The number of ether oxygens (including phenoxy) is 2. The fourth-order valence-electron chi connectivity index (χ4n) is 4.22. The van der Waals surface area contributed by atoms with E-state index in [0.29, 0.717) is 32.8 Å². The van der Waals surface area contributed by atoms with Crippen LogP contribution in [0.15, 0.2) is 48.0 Å². The van der Waals surface area contributed by atoms with Gasteiger partial charge in [0, 0.05) is 31.7 Å². The molecule has 4 rings (SSSR count). The smallest absolute Gasteiger partial charge is 0.295 e. The number of rotatable bonds is 6. The van der Waals surface area contributed by atoms with E-state index in [1.165, 1.54) is 36.3 Å². The van der Waals surface area contributed by atoms with Crippen molar-refractivity contribution >= 4 is 17.4 Å². The monoisotopic (exact) mass is 458 g/mol. The van der Waals surface area contributed by atoms with Crippen LogP contribution in [-0.4, -0.2) is 73.1 Å². The van der Waals surface area contributed by atoms with E-state index in [9.17, 15) is 23.5 Å². The summed E-state index contributed by atoms with van der Waals surface area (Å²) in [7, 11) is 1.33. The second kappa shape index (κ2) is 9.68. The first kappa shape index (κ1) is 22.9. The van der Waals surface area contributed by atoms with E-state index in [-0.39, 0.29) is 29.0 Å². The molecule has 2 aliphatic heterocycles. The van der Waals surface area contributed by atoms with Gasteiger partial charge in [-0.1, -0.05) is 18.2 Å². The van der Waals surface area contributed by atoms with Crippen LogP contribution in [0.2, 0.25) is 0 Å². The number of aliphatic hydroxyl groups is 1. The molecule has 2 aliphatic rings. The number of ketones is 1. The molecule has 1 N–H and O–H groups in total. The number of hydrogen-bond acceptors (Lipinski definition) is 6. The number of aliphatic hydroxyl groups excluding tert-OH is 1. The van der Waals surface area contributed by atoms with E-state index >= 15 is 0 Å². The van der Waals surface area contributed by atoms with Crippen LogP contribution in [-0.2, 0) is 14.3 Å². The predicted molar refractivity (Wildman–Crippen MR) is 116 cm³/mol. The fourth-order valence-corrected chi connectivity index (χ4v) is 4.22. The molecule has 2 aromatic carbocycles. The van der Waals surface area contributed by atoms with E-state index < -0.39 is 35.1 Å². The van der Waals surface area contributed by atoms with Crippen LogP contribution in [0.25, 0.3) is 5.76 Å². The molecule has 2 aromatic rings. The maximum absolute atomic E-state index is 14.8. The summed E-state index contributed by atoms with van der Waals surface area (Å²) in [6.07, 6.45) is 0. The molecule has 2 heterocycles. The third kappa shape index (κ3) is 4.46.